The standard InChI is InChI=1S/C14H19N3O/c1-10(2)17-9-13(8-16-17)18-14-5-4-11(3)6-12(14)7-15/h4-6,8-10H,7,15H2,1-3H3. The van der Waals surface area contributed by atoms with Crippen LogP contribution in [0.1, 0.15) is 31.0 Å². The SMILES string of the molecule is Cc1ccc(Oc2cnn(C(C)C)c2)c(CN)c1. The third kappa shape index (κ3) is 2.71. The van der Waals surface area contributed by atoms with Crippen molar-refractivity contribution in [3.05, 3.63) is 41.7 Å². The van der Waals surface area contributed by atoms with E-state index in [1.54, 1.807) is 6.20 Å². The first kappa shape index (κ1) is 12.6. The lowest BCUT2D eigenvalue weighted by molar-refractivity contribution is 0.471. The molecule has 0 spiro atoms. The number of rotatable bonds is 4. The van der Waals surface area contributed by atoms with Crippen LogP contribution in [-0.2, 0) is 6.54 Å². The van der Waals surface area contributed by atoms with Gasteiger partial charge in [-0.1, -0.05) is 17.7 Å². The van der Waals surface area contributed by atoms with Gasteiger partial charge >= 0.3 is 0 Å². The fourth-order valence-corrected chi connectivity index (χ4v) is 1.75. The van der Waals surface area contributed by atoms with Crippen LogP contribution in [0.4, 0.5) is 0 Å². The highest BCUT2D eigenvalue weighted by Gasteiger charge is 2.07. The van der Waals surface area contributed by atoms with E-state index < -0.39 is 0 Å². The molecule has 0 saturated heterocycles. The van der Waals surface area contributed by atoms with Gasteiger partial charge in [0.1, 0.15) is 5.75 Å². The first-order valence-corrected chi connectivity index (χ1v) is 6.11. The summed E-state index contributed by atoms with van der Waals surface area (Å²) in [5, 5.41) is 4.25. The van der Waals surface area contributed by atoms with Crippen LogP contribution in [0, 0.1) is 6.92 Å². The highest BCUT2D eigenvalue weighted by Crippen LogP contribution is 2.26. The number of hydrogen-bond donors (Lipinski definition) is 1. The average Bonchev–Trinajstić information content (AvgIpc) is 2.80. The molecule has 2 N–H and O–H groups in total. The van der Waals surface area contributed by atoms with Crippen LogP contribution < -0.4 is 10.5 Å². The van der Waals surface area contributed by atoms with Crippen molar-refractivity contribution >= 4 is 0 Å². The van der Waals surface area contributed by atoms with Crippen LogP contribution in [0.2, 0.25) is 0 Å². The minimum Gasteiger partial charge on any atom is -0.454 e. The number of benzene rings is 1. The van der Waals surface area contributed by atoms with Gasteiger partial charge in [-0.05, 0) is 26.8 Å². The monoisotopic (exact) mass is 245 g/mol. The highest BCUT2D eigenvalue weighted by molar-refractivity contribution is 5.39. The van der Waals surface area contributed by atoms with Gasteiger partial charge in [0.2, 0.25) is 0 Å². The van der Waals surface area contributed by atoms with Gasteiger partial charge in [-0.15, -0.1) is 0 Å². The van der Waals surface area contributed by atoms with Crippen molar-refractivity contribution in [3.63, 3.8) is 0 Å². The molecule has 0 aliphatic rings. The van der Waals surface area contributed by atoms with Gasteiger partial charge < -0.3 is 10.5 Å². The Kier molecular flexibility index (Phi) is 3.67. The molecule has 0 fully saturated rings. The first-order chi connectivity index (χ1) is 8.60. The third-order valence-corrected chi connectivity index (χ3v) is 2.77. The number of hydrogen-bond acceptors (Lipinski definition) is 3. The van der Waals surface area contributed by atoms with E-state index in [9.17, 15) is 0 Å². The zero-order valence-corrected chi connectivity index (χ0v) is 11.1. The quantitative estimate of drug-likeness (QED) is 0.900. The summed E-state index contributed by atoms with van der Waals surface area (Å²) in [5.41, 5.74) is 7.91. The van der Waals surface area contributed by atoms with E-state index in [0.29, 0.717) is 12.6 Å². The summed E-state index contributed by atoms with van der Waals surface area (Å²) in [4.78, 5) is 0. The van der Waals surface area contributed by atoms with E-state index in [1.165, 1.54) is 5.56 Å². The Morgan fingerprint density at radius 1 is 1.39 bits per heavy atom. The molecule has 0 saturated carbocycles. The van der Waals surface area contributed by atoms with Crippen LogP contribution in [0.5, 0.6) is 11.5 Å². The summed E-state index contributed by atoms with van der Waals surface area (Å²) in [5.74, 6) is 1.54. The van der Waals surface area contributed by atoms with Crippen LogP contribution in [0.15, 0.2) is 30.6 Å². The van der Waals surface area contributed by atoms with E-state index >= 15 is 0 Å². The second kappa shape index (κ2) is 5.23. The van der Waals surface area contributed by atoms with E-state index in [-0.39, 0.29) is 0 Å². The van der Waals surface area contributed by atoms with Crippen LogP contribution >= 0.6 is 0 Å². The Morgan fingerprint density at radius 3 is 2.78 bits per heavy atom. The molecule has 1 aromatic carbocycles. The van der Waals surface area contributed by atoms with Crippen LogP contribution in [0.3, 0.4) is 0 Å². The van der Waals surface area contributed by atoms with E-state index in [4.69, 9.17) is 10.5 Å². The van der Waals surface area contributed by atoms with Crippen molar-refractivity contribution in [2.45, 2.75) is 33.4 Å². The molecule has 0 bridgehead atoms. The maximum atomic E-state index is 5.82. The van der Waals surface area contributed by atoms with Gasteiger partial charge in [0, 0.05) is 18.2 Å². The molecule has 4 heteroatoms. The summed E-state index contributed by atoms with van der Waals surface area (Å²) in [6.45, 7) is 6.66. The Morgan fingerprint density at radius 2 is 2.17 bits per heavy atom. The second-order valence-corrected chi connectivity index (χ2v) is 4.67. The number of aromatic nitrogens is 2. The molecule has 0 atom stereocenters. The predicted octanol–water partition coefficient (Wildman–Crippen LogP) is 3.02. The smallest absolute Gasteiger partial charge is 0.165 e. The molecule has 0 aliphatic heterocycles. The van der Waals surface area contributed by atoms with Crippen molar-refractivity contribution in [2.75, 3.05) is 0 Å². The highest BCUT2D eigenvalue weighted by atomic mass is 16.5. The number of ether oxygens (including phenoxy) is 1. The molecule has 18 heavy (non-hydrogen) atoms. The van der Waals surface area contributed by atoms with Gasteiger partial charge in [-0.3, -0.25) is 4.68 Å². The number of aryl methyl sites for hydroxylation is 1. The normalized spacial score (nSPS) is 10.9. The number of nitrogens with two attached hydrogens (primary N) is 1. The molecular weight excluding hydrogens is 226 g/mol. The summed E-state index contributed by atoms with van der Waals surface area (Å²) in [6.07, 6.45) is 3.62. The molecule has 4 nitrogen and oxygen atoms in total. The lowest BCUT2D eigenvalue weighted by Gasteiger charge is -2.09. The Hall–Kier alpha value is -1.81. The maximum absolute atomic E-state index is 5.82. The van der Waals surface area contributed by atoms with E-state index in [1.807, 2.05) is 36.0 Å². The Labute approximate surface area is 107 Å². The Bertz CT molecular complexity index is 532. The third-order valence-electron chi connectivity index (χ3n) is 2.77. The van der Waals surface area contributed by atoms with Crippen molar-refractivity contribution < 1.29 is 4.74 Å². The minimum absolute atomic E-state index is 0.328. The summed E-state index contributed by atoms with van der Waals surface area (Å²) in [7, 11) is 0. The number of nitrogens with zero attached hydrogens (tertiary/aromatic N) is 2. The van der Waals surface area contributed by atoms with Gasteiger partial charge in [-0.2, -0.15) is 5.10 Å². The van der Waals surface area contributed by atoms with Crippen molar-refractivity contribution in [2.24, 2.45) is 5.73 Å². The molecule has 1 heterocycles. The minimum atomic E-state index is 0.328. The van der Waals surface area contributed by atoms with Gasteiger partial charge in [0.15, 0.2) is 5.75 Å². The zero-order valence-electron chi connectivity index (χ0n) is 11.1. The molecule has 0 aliphatic carbocycles. The molecule has 0 amide bonds. The largest absolute Gasteiger partial charge is 0.454 e. The topological polar surface area (TPSA) is 53.1 Å². The average molecular weight is 245 g/mol. The lowest BCUT2D eigenvalue weighted by atomic mass is 10.1. The van der Waals surface area contributed by atoms with Crippen molar-refractivity contribution in [1.29, 1.82) is 0 Å². The molecule has 2 rings (SSSR count). The molecule has 96 valence electrons. The van der Waals surface area contributed by atoms with Gasteiger partial charge in [-0.25, -0.2) is 0 Å². The van der Waals surface area contributed by atoms with Crippen LogP contribution in [-0.4, -0.2) is 9.78 Å². The van der Waals surface area contributed by atoms with Gasteiger partial charge in [0.05, 0.1) is 12.4 Å². The van der Waals surface area contributed by atoms with Crippen molar-refractivity contribution in [1.82, 2.24) is 9.78 Å². The fourth-order valence-electron chi connectivity index (χ4n) is 1.75. The molecule has 0 radical (unpaired) electrons. The maximum Gasteiger partial charge on any atom is 0.165 e. The second-order valence-electron chi connectivity index (χ2n) is 4.67. The molecule has 0 unspecified atom stereocenters. The molecule has 2 aromatic rings. The molecular formula is C14H19N3O. The lowest BCUT2D eigenvalue weighted by Crippen LogP contribution is -2.00. The van der Waals surface area contributed by atoms with E-state index in [0.717, 1.165) is 17.1 Å². The van der Waals surface area contributed by atoms with Crippen LogP contribution in [0.25, 0.3) is 0 Å². The first-order valence-electron chi connectivity index (χ1n) is 6.11. The zero-order chi connectivity index (χ0) is 13.1. The molecule has 1 aromatic heterocycles. The summed E-state index contributed by atoms with van der Waals surface area (Å²) in [6, 6.07) is 6.34. The summed E-state index contributed by atoms with van der Waals surface area (Å²) < 4.78 is 7.69. The van der Waals surface area contributed by atoms with Gasteiger partial charge in [0.25, 0.3) is 0 Å². The fraction of sp³-hybridized carbons (Fsp3) is 0.357. The van der Waals surface area contributed by atoms with E-state index in [2.05, 4.69) is 18.9 Å². The van der Waals surface area contributed by atoms with Crippen molar-refractivity contribution in [3.8, 4) is 11.5 Å². The summed E-state index contributed by atoms with van der Waals surface area (Å²) >= 11 is 0. The Balaban J connectivity index is 2.22. The predicted molar refractivity (Wildman–Crippen MR) is 71.8 cm³/mol.